The van der Waals surface area contributed by atoms with Crippen molar-refractivity contribution in [1.82, 2.24) is 15.0 Å². The Kier molecular flexibility index (Phi) is 5.99. The number of nitrogens with one attached hydrogen (secondary N) is 2. The maximum atomic E-state index is 12.5. The van der Waals surface area contributed by atoms with E-state index >= 15 is 0 Å². The summed E-state index contributed by atoms with van der Waals surface area (Å²) < 4.78 is 0. The van der Waals surface area contributed by atoms with Crippen LogP contribution in [0.1, 0.15) is 10.4 Å². The number of rotatable bonds is 5. The number of halogens is 1. The molecule has 0 spiro atoms. The average Bonchev–Trinajstić information content (AvgIpc) is 2.87. The number of likely N-dealkylation sites (N-methyl/N-ethyl adjacent to an activating group) is 1. The van der Waals surface area contributed by atoms with Crippen molar-refractivity contribution in [2.45, 2.75) is 0 Å². The van der Waals surface area contributed by atoms with Crippen LogP contribution in [-0.4, -0.2) is 40.4 Å². The zero-order valence-corrected chi connectivity index (χ0v) is 19.4. The Bertz CT molecular complexity index is 1410. The topological polar surface area (TPSA) is 103 Å². The molecule has 35 heavy (non-hydrogen) atoms. The smallest absolute Gasteiger partial charge is 0.256 e. The Balaban J connectivity index is 1.31. The summed E-state index contributed by atoms with van der Waals surface area (Å²) in [6, 6.07) is 19.5. The molecule has 0 saturated heterocycles. The molecule has 4 aromatic rings. The summed E-state index contributed by atoms with van der Waals surface area (Å²) in [5, 5.41) is 6.33. The van der Waals surface area contributed by atoms with Crippen LogP contribution in [0.5, 0.6) is 0 Å². The highest BCUT2D eigenvalue weighted by atomic mass is 35.5. The van der Waals surface area contributed by atoms with Crippen molar-refractivity contribution in [3.8, 4) is 0 Å². The largest absolute Gasteiger partial charge is 0.323 e. The maximum absolute atomic E-state index is 12.5. The van der Waals surface area contributed by atoms with Crippen LogP contribution in [0.25, 0.3) is 0 Å². The summed E-state index contributed by atoms with van der Waals surface area (Å²) in [4.78, 5) is 41.6. The molecule has 2 N–H and O–H groups in total. The van der Waals surface area contributed by atoms with Gasteiger partial charge < -0.3 is 20.4 Å². The number of carbonyl (C=O) groups excluding carboxylic acids is 2. The molecular weight excluding hydrogens is 466 g/mol. The molecule has 5 rings (SSSR count). The Morgan fingerprint density at radius 3 is 2.60 bits per heavy atom. The number of amides is 2. The van der Waals surface area contributed by atoms with E-state index in [-0.39, 0.29) is 18.4 Å². The Morgan fingerprint density at radius 2 is 1.83 bits per heavy atom. The number of aromatic nitrogens is 3. The van der Waals surface area contributed by atoms with Gasteiger partial charge in [0, 0.05) is 23.8 Å². The number of benzene rings is 2. The van der Waals surface area contributed by atoms with E-state index in [2.05, 4.69) is 25.6 Å². The highest BCUT2D eigenvalue weighted by molar-refractivity contribution is 6.31. The quantitative estimate of drug-likeness (QED) is 0.424. The molecule has 0 aliphatic carbocycles. The summed E-state index contributed by atoms with van der Waals surface area (Å²) in [7, 11) is 1.76. The molecule has 0 fully saturated rings. The predicted octanol–water partition coefficient (Wildman–Crippen LogP) is 4.64. The molecule has 0 saturated carbocycles. The molecule has 0 atom stereocenters. The third kappa shape index (κ3) is 4.75. The lowest BCUT2D eigenvalue weighted by molar-refractivity contribution is -0.117. The molecule has 1 aliphatic heterocycles. The first-order valence-corrected chi connectivity index (χ1v) is 11.1. The second-order valence-corrected chi connectivity index (χ2v) is 8.22. The van der Waals surface area contributed by atoms with Crippen molar-refractivity contribution in [3.05, 3.63) is 89.7 Å². The molecule has 2 aromatic heterocycles. The molecule has 2 amide bonds. The van der Waals surface area contributed by atoms with Crippen molar-refractivity contribution in [3.63, 3.8) is 0 Å². The molecule has 0 radical (unpaired) electrons. The van der Waals surface area contributed by atoms with Gasteiger partial charge in [-0.15, -0.1) is 0 Å². The van der Waals surface area contributed by atoms with Gasteiger partial charge in [-0.1, -0.05) is 29.8 Å². The van der Waals surface area contributed by atoms with Gasteiger partial charge in [0.1, 0.15) is 18.2 Å². The second-order valence-electron chi connectivity index (χ2n) is 7.79. The van der Waals surface area contributed by atoms with Gasteiger partial charge in [-0.3, -0.25) is 9.59 Å². The third-order valence-electron chi connectivity index (χ3n) is 5.47. The van der Waals surface area contributed by atoms with Crippen LogP contribution < -0.4 is 20.4 Å². The van der Waals surface area contributed by atoms with Gasteiger partial charge in [-0.05, 0) is 48.5 Å². The molecule has 0 unspecified atom stereocenters. The van der Waals surface area contributed by atoms with Gasteiger partial charge >= 0.3 is 0 Å². The van der Waals surface area contributed by atoms with Crippen LogP contribution >= 0.6 is 11.6 Å². The summed E-state index contributed by atoms with van der Waals surface area (Å²) in [5.41, 5.74) is 2.78. The fourth-order valence-corrected chi connectivity index (χ4v) is 3.88. The van der Waals surface area contributed by atoms with Crippen molar-refractivity contribution < 1.29 is 9.59 Å². The molecular formula is C25H20ClN7O2. The van der Waals surface area contributed by atoms with Crippen LogP contribution in [0.3, 0.4) is 0 Å². The van der Waals surface area contributed by atoms with Crippen LogP contribution in [-0.2, 0) is 4.79 Å². The highest BCUT2D eigenvalue weighted by Crippen LogP contribution is 2.36. The second kappa shape index (κ2) is 9.40. The first-order valence-electron chi connectivity index (χ1n) is 10.7. The first-order chi connectivity index (χ1) is 17.0. The van der Waals surface area contributed by atoms with Crippen molar-refractivity contribution in [2.24, 2.45) is 0 Å². The molecule has 2 aromatic carbocycles. The van der Waals surface area contributed by atoms with Crippen LogP contribution in [0, 0.1) is 0 Å². The van der Waals surface area contributed by atoms with Gasteiger partial charge in [0.25, 0.3) is 5.91 Å². The molecule has 1 aliphatic rings. The molecule has 0 bridgehead atoms. The summed E-state index contributed by atoms with van der Waals surface area (Å²) in [5.74, 6) is 0.997. The lowest BCUT2D eigenvalue weighted by atomic mass is 10.1. The van der Waals surface area contributed by atoms with Crippen LogP contribution in [0.2, 0.25) is 5.02 Å². The van der Waals surface area contributed by atoms with Crippen LogP contribution in [0.15, 0.2) is 79.1 Å². The number of para-hydroxylation sites is 2. The standard InChI is InChI=1S/C25H20ClN7O2/c1-32-19-7-2-3-8-20(19)33(15-23(32)34)22-11-12-27-25(31-22)29-18-9-10-21(28-14-18)30-24(35)16-5-4-6-17(26)13-16/h2-14H,15H2,1H3,(H,27,29,31)(H,28,30,35). The van der Waals surface area contributed by atoms with E-state index in [0.717, 1.165) is 11.4 Å². The number of fused-ring (bicyclic) bond motifs is 1. The lowest BCUT2D eigenvalue weighted by Gasteiger charge is -2.34. The van der Waals surface area contributed by atoms with E-state index in [1.54, 1.807) is 66.8 Å². The van der Waals surface area contributed by atoms with E-state index in [1.165, 1.54) is 0 Å². The molecule has 9 nitrogen and oxygen atoms in total. The number of hydrogen-bond donors (Lipinski definition) is 2. The zero-order valence-electron chi connectivity index (χ0n) is 18.6. The van der Waals surface area contributed by atoms with Crippen molar-refractivity contribution in [1.29, 1.82) is 0 Å². The summed E-state index contributed by atoms with van der Waals surface area (Å²) in [6.45, 7) is 0.173. The van der Waals surface area contributed by atoms with Gasteiger partial charge in [-0.25, -0.2) is 9.97 Å². The maximum Gasteiger partial charge on any atom is 0.256 e. The Morgan fingerprint density at radius 1 is 1.00 bits per heavy atom. The van der Waals surface area contributed by atoms with Crippen LogP contribution in [0.4, 0.5) is 34.6 Å². The summed E-state index contributed by atoms with van der Waals surface area (Å²) in [6.07, 6.45) is 3.20. The molecule has 174 valence electrons. The monoisotopic (exact) mass is 485 g/mol. The van der Waals surface area contributed by atoms with E-state index < -0.39 is 0 Å². The number of nitrogens with zero attached hydrogens (tertiary/aromatic N) is 5. The molecule has 10 heteroatoms. The number of carbonyl (C=O) groups is 2. The van der Waals surface area contributed by atoms with Gasteiger partial charge in [0.05, 0.1) is 23.3 Å². The van der Waals surface area contributed by atoms with E-state index in [0.29, 0.717) is 33.9 Å². The highest BCUT2D eigenvalue weighted by Gasteiger charge is 2.28. The summed E-state index contributed by atoms with van der Waals surface area (Å²) >= 11 is 5.95. The number of hydrogen-bond acceptors (Lipinski definition) is 7. The number of pyridine rings is 1. The lowest BCUT2D eigenvalue weighted by Crippen LogP contribution is -2.42. The van der Waals surface area contributed by atoms with Crippen molar-refractivity contribution in [2.75, 3.05) is 34.0 Å². The first kappa shape index (κ1) is 22.3. The minimum atomic E-state index is -0.307. The Labute approximate surface area is 206 Å². The normalized spacial score (nSPS) is 12.8. The minimum absolute atomic E-state index is 0.0311. The average molecular weight is 486 g/mol. The van der Waals surface area contributed by atoms with Gasteiger partial charge in [0.2, 0.25) is 11.9 Å². The Hall–Kier alpha value is -4.50. The van der Waals surface area contributed by atoms with Gasteiger partial charge in [-0.2, -0.15) is 4.98 Å². The fraction of sp³-hybridized carbons (Fsp3) is 0.0800. The third-order valence-corrected chi connectivity index (χ3v) is 5.70. The van der Waals surface area contributed by atoms with Crippen molar-refractivity contribution >= 4 is 58.1 Å². The van der Waals surface area contributed by atoms with Gasteiger partial charge in [0.15, 0.2) is 0 Å². The number of anilines is 6. The zero-order chi connectivity index (χ0) is 24.4. The fourth-order valence-electron chi connectivity index (χ4n) is 3.69. The predicted molar refractivity (Wildman–Crippen MR) is 136 cm³/mol. The van der Waals surface area contributed by atoms with E-state index in [9.17, 15) is 9.59 Å². The molecule has 3 heterocycles. The van der Waals surface area contributed by atoms with E-state index in [4.69, 9.17) is 11.6 Å². The van der Waals surface area contributed by atoms with E-state index in [1.807, 2.05) is 29.2 Å². The minimum Gasteiger partial charge on any atom is -0.323 e. The SMILES string of the molecule is CN1C(=O)CN(c2ccnc(Nc3ccc(NC(=O)c4cccc(Cl)c4)nc3)n2)c2ccccc21.